The van der Waals surface area contributed by atoms with Gasteiger partial charge in [0.05, 0.1) is 0 Å². The van der Waals surface area contributed by atoms with Crippen molar-refractivity contribution in [1.82, 2.24) is 15.5 Å². The Balaban J connectivity index is 2.63. The Labute approximate surface area is 57.6 Å². The third kappa shape index (κ3) is 0.504. The molecule has 1 aromatic heterocycles. The van der Waals surface area contributed by atoms with Crippen molar-refractivity contribution in [2.24, 2.45) is 0 Å². The van der Waals surface area contributed by atoms with Crippen molar-refractivity contribution in [2.45, 2.75) is 13.5 Å². The number of carbonyl (C=O) groups is 1. The van der Waals surface area contributed by atoms with Gasteiger partial charge < -0.3 is 5.32 Å². The van der Waals surface area contributed by atoms with Crippen molar-refractivity contribution in [3.05, 3.63) is 17.0 Å². The number of nitrogens with zero attached hydrogens (tertiary/aromatic N) is 1. The highest BCUT2D eigenvalue weighted by Crippen LogP contribution is 2.14. The zero-order valence-electron chi connectivity index (χ0n) is 5.56. The molecule has 4 nitrogen and oxygen atoms in total. The van der Waals surface area contributed by atoms with Gasteiger partial charge in [-0.05, 0) is 6.92 Å². The first kappa shape index (κ1) is 5.46. The van der Waals surface area contributed by atoms with Gasteiger partial charge in [0, 0.05) is 17.8 Å². The maximum Gasteiger partial charge on any atom is 0.272 e. The van der Waals surface area contributed by atoms with Crippen molar-refractivity contribution in [1.29, 1.82) is 0 Å². The lowest BCUT2D eigenvalue weighted by atomic mass is 10.2. The molecule has 0 saturated heterocycles. The van der Waals surface area contributed by atoms with Crippen LogP contribution < -0.4 is 5.32 Å². The molecule has 1 aromatic rings. The highest BCUT2D eigenvalue weighted by Gasteiger charge is 2.23. The zero-order valence-corrected chi connectivity index (χ0v) is 5.56. The maximum atomic E-state index is 10.9. The summed E-state index contributed by atoms with van der Waals surface area (Å²) >= 11 is 0. The van der Waals surface area contributed by atoms with Gasteiger partial charge in [0.1, 0.15) is 0 Å². The molecule has 2 rings (SSSR count). The summed E-state index contributed by atoms with van der Waals surface area (Å²) in [5.74, 6) is -0.0700. The number of amides is 1. The molecule has 0 saturated carbocycles. The average Bonchev–Trinajstić information content (AvgIpc) is 2.41. The van der Waals surface area contributed by atoms with E-state index in [1.165, 1.54) is 0 Å². The van der Waals surface area contributed by atoms with Crippen molar-refractivity contribution in [3.63, 3.8) is 0 Å². The first-order valence-electron chi connectivity index (χ1n) is 3.11. The van der Waals surface area contributed by atoms with Crippen LogP contribution in [0.3, 0.4) is 0 Å². The van der Waals surface area contributed by atoms with Crippen molar-refractivity contribution in [2.75, 3.05) is 0 Å². The number of carbonyl (C=O) groups excluding carboxylic acids is 1. The third-order valence-corrected chi connectivity index (χ3v) is 1.71. The quantitative estimate of drug-likeness (QED) is 0.527. The van der Waals surface area contributed by atoms with Gasteiger partial charge in [0.15, 0.2) is 5.69 Å². The molecule has 0 aliphatic carbocycles. The topological polar surface area (TPSA) is 57.8 Å². The molecule has 0 unspecified atom stereocenters. The van der Waals surface area contributed by atoms with Crippen LogP contribution in [0.2, 0.25) is 0 Å². The molecule has 2 heterocycles. The van der Waals surface area contributed by atoms with Crippen LogP contribution in [-0.4, -0.2) is 16.1 Å². The number of aryl methyl sites for hydroxylation is 1. The van der Waals surface area contributed by atoms with E-state index in [4.69, 9.17) is 0 Å². The number of hydrogen-bond acceptors (Lipinski definition) is 2. The molecule has 0 bridgehead atoms. The summed E-state index contributed by atoms with van der Waals surface area (Å²) < 4.78 is 0. The van der Waals surface area contributed by atoms with Crippen molar-refractivity contribution >= 4 is 5.91 Å². The minimum Gasteiger partial charge on any atom is -0.346 e. The number of H-pyrrole nitrogens is 1. The summed E-state index contributed by atoms with van der Waals surface area (Å²) in [6.07, 6.45) is 0. The van der Waals surface area contributed by atoms with Crippen LogP contribution in [0.25, 0.3) is 0 Å². The van der Waals surface area contributed by atoms with E-state index in [-0.39, 0.29) is 5.91 Å². The molecule has 4 heteroatoms. The number of rotatable bonds is 0. The fourth-order valence-corrected chi connectivity index (χ4v) is 1.11. The van der Waals surface area contributed by atoms with Crippen molar-refractivity contribution in [3.8, 4) is 0 Å². The van der Waals surface area contributed by atoms with Crippen LogP contribution in [0.1, 0.15) is 21.7 Å². The van der Waals surface area contributed by atoms with Gasteiger partial charge in [-0.25, -0.2) is 0 Å². The lowest BCUT2D eigenvalue weighted by Crippen LogP contribution is -2.14. The van der Waals surface area contributed by atoms with E-state index >= 15 is 0 Å². The molecule has 1 amide bonds. The van der Waals surface area contributed by atoms with Gasteiger partial charge in [0.2, 0.25) is 0 Å². The fourth-order valence-electron chi connectivity index (χ4n) is 1.11. The van der Waals surface area contributed by atoms with Gasteiger partial charge in [-0.1, -0.05) is 0 Å². The summed E-state index contributed by atoms with van der Waals surface area (Å²) in [5, 5.41) is 9.28. The van der Waals surface area contributed by atoms with Crippen LogP contribution in [0, 0.1) is 6.92 Å². The molecule has 2 N–H and O–H groups in total. The second-order valence-corrected chi connectivity index (χ2v) is 2.36. The highest BCUT2D eigenvalue weighted by atomic mass is 16.2. The van der Waals surface area contributed by atoms with E-state index in [1.807, 2.05) is 6.92 Å². The van der Waals surface area contributed by atoms with E-state index in [2.05, 4.69) is 15.5 Å². The summed E-state index contributed by atoms with van der Waals surface area (Å²) in [5.41, 5.74) is 2.54. The predicted octanol–water partition coefficient (Wildman–Crippen LogP) is -0.0385. The number of nitrogens with one attached hydrogen (secondary N) is 2. The Hall–Kier alpha value is -1.32. The molecule has 0 atom stereocenters. The lowest BCUT2D eigenvalue weighted by Gasteiger charge is -1.88. The normalized spacial score (nSPS) is 15.1. The van der Waals surface area contributed by atoms with E-state index in [1.54, 1.807) is 0 Å². The minimum atomic E-state index is -0.0700. The molecule has 52 valence electrons. The zero-order chi connectivity index (χ0) is 7.14. The summed E-state index contributed by atoms with van der Waals surface area (Å²) in [4.78, 5) is 10.9. The van der Waals surface area contributed by atoms with Gasteiger partial charge in [0.25, 0.3) is 5.91 Å². The summed E-state index contributed by atoms with van der Waals surface area (Å²) in [6.45, 7) is 2.53. The van der Waals surface area contributed by atoms with E-state index in [9.17, 15) is 4.79 Å². The number of aromatic amines is 1. The van der Waals surface area contributed by atoms with Crippen LogP contribution in [0.5, 0.6) is 0 Å². The second-order valence-electron chi connectivity index (χ2n) is 2.36. The van der Waals surface area contributed by atoms with Crippen LogP contribution in [0.15, 0.2) is 0 Å². The van der Waals surface area contributed by atoms with E-state index in [0.717, 1.165) is 11.3 Å². The largest absolute Gasteiger partial charge is 0.346 e. The smallest absolute Gasteiger partial charge is 0.272 e. The molecule has 10 heavy (non-hydrogen) atoms. The number of aromatic nitrogens is 2. The van der Waals surface area contributed by atoms with Gasteiger partial charge in [-0.15, -0.1) is 0 Å². The Morgan fingerprint density at radius 3 is 3.10 bits per heavy atom. The fraction of sp³-hybridized carbons (Fsp3) is 0.333. The maximum absolute atomic E-state index is 10.9. The number of hydrogen-bond donors (Lipinski definition) is 2. The van der Waals surface area contributed by atoms with Crippen LogP contribution in [0.4, 0.5) is 0 Å². The Morgan fingerprint density at radius 1 is 1.60 bits per heavy atom. The molecular formula is C6H7N3O. The Morgan fingerprint density at radius 2 is 2.40 bits per heavy atom. The second kappa shape index (κ2) is 1.59. The van der Waals surface area contributed by atoms with Crippen molar-refractivity contribution < 1.29 is 4.79 Å². The van der Waals surface area contributed by atoms with E-state index < -0.39 is 0 Å². The standard InChI is InChI=1S/C6H7N3O/c1-3-4-2-7-6(10)5(4)9-8-3/h2H2,1H3,(H,7,10)(H,8,9). The predicted molar refractivity (Wildman–Crippen MR) is 34.5 cm³/mol. The average molecular weight is 137 g/mol. The van der Waals surface area contributed by atoms with E-state index in [0.29, 0.717) is 12.2 Å². The van der Waals surface area contributed by atoms with Gasteiger partial charge >= 0.3 is 0 Å². The molecule has 0 fully saturated rings. The Bertz CT molecular complexity index is 289. The minimum absolute atomic E-state index is 0.0700. The molecule has 0 spiro atoms. The SMILES string of the molecule is Cc1[nH]nc2c1CNC2=O. The Kier molecular flexibility index (Phi) is 0.869. The molecule has 1 aliphatic heterocycles. The summed E-state index contributed by atoms with van der Waals surface area (Å²) in [6, 6.07) is 0. The lowest BCUT2D eigenvalue weighted by molar-refractivity contribution is 0.0961. The van der Waals surface area contributed by atoms with Gasteiger partial charge in [-0.2, -0.15) is 5.10 Å². The molecule has 0 radical (unpaired) electrons. The third-order valence-electron chi connectivity index (χ3n) is 1.71. The summed E-state index contributed by atoms with van der Waals surface area (Å²) in [7, 11) is 0. The first-order chi connectivity index (χ1) is 4.79. The monoisotopic (exact) mass is 137 g/mol. The first-order valence-corrected chi connectivity index (χ1v) is 3.11. The van der Waals surface area contributed by atoms with Gasteiger partial charge in [-0.3, -0.25) is 9.89 Å². The van der Waals surface area contributed by atoms with Crippen LogP contribution >= 0.6 is 0 Å². The molecule has 0 aromatic carbocycles. The highest BCUT2D eigenvalue weighted by molar-refractivity contribution is 5.96. The molecule has 1 aliphatic rings. The molecular weight excluding hydrogens is 130 g/mol. The van der Waals surface area contributed by atoms with Crippen LogP contribution in [-0.2, 0) is 6.54 Å². The number of fused-ring (bicyclic) bond motifs is 1.